The lowest BCUT2D eigenvalue weighted by Crippen LogP contribution is -2.14. The molecular formula is C25H19F5N6O2S2. The molecule has 0 radical (unpaired) electrons. The van der Waals surface area contributed by atoms with Gasteiger partial charge in [0.1, 0.15) is 10.6 Å². The van der Waals surface area contributed by atoms with Crippen molar-refractivity contribution in [1.29, 1.82) is 0 Å². The number of hydrogen-bond donors (Lipinski definition) is 1. The minimum absolute atomic E-state index is 0.146. The third kappa shape index (κ3) is 5.56. The molecule has 0 aliphatic rings. The van der Waals surface area contributed by atoms with E-state index >= 15 is 0 Å². The topological polar surface area (TPSA) is 103 Å². The third-order valence-corrected chi connectivity index (χ3v) is 7.76. The average Bonchev–Trinajstić information content (AvgIpc) is 3.28. The van der Waals surface area contributed by atoms with Crippen molar-refractivity contribution in [1.82, 2.24) is 24.9 Å². The van der Waals surface area contributed by atoms with Crippen LogP contribution in [0.2, 0.25) is 0 Å². The largest absolute Gasteiger partial charge is 0.494 e. The van der Waals surface area contributed by atoms with E-state index in [0.717, 1.165) is 29.2 Å². The Hall–Kier alpha value is -4.24. The molecule has 15 heteroatoms. The Bertz CT molecular complexity index is 1800. The van der Waals surface area contributed by atoms with Gasteiger partial charge in [-0.1, -0.05) is 42.9 Å². The predicted octanol–water partition coefficient (Wildman–Crippen LogP) is 7.75. The second-order valence-electron chi connectivity index (χ2n) is 8.75. The SMILES string of the molecule is COc1cnc(C)cc1-c1cc(C)ncc1C(=O)Nc1nc2ncc(-c3ccc(S(F)(F)(F)(F)F)cc3)nc2s1. The molecule has 0 atom stereocenters. The van der Waals surface area contributed by atoms with Crippen molar-refractivity contribution in [3.8, 4) is 28.1 Å². The Kier molecular flexibility index (Phi) is 6.07. The number of fused-ring (bicyclic) bond motifs is 1. The lowest BCUT2D eigenvalue weighted by atomic mass is 9.99. The Morgan fingerprint density at radius 2 is 1.52 bits per heavy atom. The first kappa shape index (κ1) is 27.3. The van der Waals surface area contributed by atoms with Crippen molar-refractivity contribution in [2.24, 2.45) is 0 Å². The number of hydrogen-bond acceptors (Lipinski definition) is 8. The summed E-state index contributed by atoms with van der Waals surface area (Å²) in [7, 11) is -8.29. The maximum absolute atomic E-state index is 13.3. The molecule has 0 spiro atoms. The Labute approximate surface area is 228 Å². The molecule has 4 heterocycles. The summed E-state index contributed by atoms with van der Waals surface area (Å²) in [5.41, 5.74) is 3.35. The smallest absolute Gasteiger partial charge is 0.310 e. The van der Waals surface area contributed by atoms with Gasteiger partial charge >= 0.3 is 10.2 Å². The van der Waals surface area contributed by atoms with E-state index < -0.39 is 21.0 Å². The molecule has 1 aromatic carbocycles. The summed E-state index contributed by atoms with van der Waals surface area (Å²) in [6.07, 6.45) is 4.25. The van der Waals surface area contributed by atoms with E-state index in [9.17, 15) is 24.2 Å². The second-order valence-corrected chi connectivity index (χ2v) is 12.1. The van der Waals surface area contributed by atoms with E-state index in [2.05, 4.69) is 30.2 Å². The van der Waals surface area contributed by atoms with Crippen molar-refractivity contribution in [3.05, 3.63) is 71.9 Å². The molecule has 5 rings (SSSR count). The summed E-state index contributed by atoms with van der Waals surface area (Å²) in [6.45, 7) is 3.60. The predicted molar refractivity (Wildman–Crippen MR) is 143 cm³/mol. The molecule has 0 aliphatic carbocycles. The summed E-state index contributed by atoms with van der Waals surface area (Å²) in [4.78, 5) is 32.8. The van der Waals surface area contributed by atoms with Crippen LogP contribution in [0, 0.1) is 13.8 Å². The highest BCUT2D eigenvalue weighted by Crippen LogP contribution is 3.02. The molecule has 0 aliphatic heterocycles. The molecule has 1 N–H and O–H groups in total. The van der Waals surface area contributed by atoms with Gasteiger partial charge in [0, 0.05) is 34.3 Å². The third-order valence-electron chi connectivity index (χ3n) is 5.74. The van der Waals surface area contributed by atoms with Gasteiger partial charge in [-0.3, -0.25) is 20.1 Å². The molecule has 5 aromatic rings. The quantitative estimate of drug-likeness (QED) is 0.201. The van der Waals surface area contributed by atoms with Crippen LogP contribution in [-0.2, 0) is 0 Å². The van der Waals surface area contributed by atoms with E-state index in [0.29, 0.717) is 34.7 Å². The van der Waals surface area contributed by atoms with Gasteiger partial charge in [-0.25, -0.2) is 9.97 Å². The minimum atomic E-state index is -9.79. The van der Waals surface area contributed by atoms with Gasteiger partial charge in [0.05, 0.1) is 30.8 Å². The van der Waals surface area contributed by atoms with Gasteiger partial charge in [-0.05, 0) is 38.1 Å². The van der Waals surface area contributed by atoms with Crippen LogP contribution in [0.1, 0.15) is 21.7 Å². The lowest BCUT2D eigenvalue weighted by Gasteiger charge is -2.40. The molecule has 0 fully saturated rings. The number of pyridine rings is 2. The molecule has 0 saturated heterocycles. The van der Waals surface area contributed by atoms with Crippen LogP contribution in [-0.4, -0.2) is 37.9 Å². The zero-order valence-corrected chi connectivity index (χ0v) is 22.6. The van der Waals surface area contributed by atoms with Gasteiger partial charge in [0.15, 0.2) is 15.6 Å². The number of anilines is 1. The molecular weight excluding hydrogens is 575 g/mol. The van der Waals surface area contributed by atoms with E-state index in [1.807, 2.05) is 6.92 Å². The van der Waals surface area contributed by atoms with E-state index in [1.165, 1.54) is 19.5 Å². The standard InChI is InChI=1S/C25H19F5N6O2S2/c1-13-8-17(18-9-14(2)32-12-21(18)38-3)19(10-31-13)23(37)36-25-35-22-24(39-25)34-20(11-33-22)15-4-6-16(7-5-15)40(26,27,28,29)30/h4-12H,1-3H3,(H,33,35,36,37). The van der Waals surface area contributed by atoms with Crippen molar-refractivity contribution < 1.29 is 29.0 Å². The number of carbonyl (C=O) groups is 1. The van der Waals surface area contributed by atoms with E-state index in [4.69, 9.17) is 4.74 Å². The molecule has 0 saturated carbocycles. The number of rotatable bonds is 6. The summed E-state index contributed by atoms with van der Waals surface area (Å²) < 4.78 is 70.6. The zero-order valence-electron chi connectivity index (χ0n) is 21.0. The van der Waals surface area contributed by atoms with Crippen LogP contribution in [0.4, 0.5) is 24.6 Å². The van der Waals surface area contributed by atoms with Crippen molar-refractivity contribution in [2.75, 3.05) is 12.4 Å². The second kappa shape index (κ2) is 8.89. The number of nitrogens with one attached hydrogen (secondary N) is 1. The maximum atomic E-state index is 13.3. The summed E-state index contributed by atoms with van der Waals surface area (Å²) in [5, 5.41) is 2.87. The summed E-state index contributed by atoms with van der Waals surface area (Å²) >= 11 is 0.984. The van der Waals surface area contributed by atoms with Crippen LogP contribution in [0.15, 0.2) is 59.9 Å². The van der Waals surface area contributed by atoms with Crippen molar-refractivity contribution in [2.45, 2.75) is 18.7 Å². The molecule has 0 bridgehead atoms. The van der Waals surface area contributed by atoms with E-state index in [1.54, 1.807) is 25.3 Å². The number of benzene rings is 1. The van der Waals surface area contributed by atoms with E-state index in [-0.39, 0.29) is 32.4 Å². The number of nitrogens with zero attached hydrogens (tertiary/aromatic N) is 5. The van der Waals surface area contributed by atoms with Crippen LogP contribution >= 0.6 is 21.6 Å². The highest BCUT2D eigenvalue weighted by Gasteiger charge is 2.65. The lowest BCUT2D eigenvalue weighted by molar-refractivity contribution is 0.102. The number of methoxy groups -OCH3 is 1. The van der Waals surface area contributed by atoms with Gasteiger partial charge in [-0.2, -0.15) is 4.98 Å². The highest BCUT2D eigenvalue weighted by atomic mass is 32.5. The summed E-state index contributed by atoms with van der Waals surface area (Å²) in [5.74, 6) is -0.0373. The van der Waals surface area contributed by atoms with Crippen LogP contribution in [0.5, 0.6) is 5.75 Å². The van der Waals surface area contributed by atoms with Crippen LogP contribution < -0.4 is 10.1 Å². The molecule has 0 unspecified atom stereocenters. The number of halogens is 5. The fourth-order valence-electron chi connectivity index (χ4n) is 3.85. The number of aryl methyl sites for hydroxylation is 2. The Balaban J connectivity index is 1.44. The first-order valence-corrected chi connectivity index (χ1v) is 14.2. The highest BCUT2D eigenvalue weighted by molar-refractivity contribution is 8.45. The van der Waals surface area contributed by atoms with Gasteiger partial charge < -0.3 is 4.74 Å². The molecule has 8 nitrogen and oxygen atoms in total. The van der Waals surface area contributed by atoms with Gasteiger partial charge in [0.2, 0.25) is 0 Å². The number of amides is 1. The van der Waals surface area contributed by atoms with Crippen LogP contribution in [0.25, 0.3) is 32.9 Å². The maximum Gasteiger partial charge on any atom is 0.310 e. The fraction of sp³-hybridized carbons (Fsp3) is 0.120. The Morgan fingerprint density at radius 1 is 0.875 bits per heavy atom. The molecule has 208 valence electrons. The number of aromatic nitrogens is 5. The first-order chi connectivity index (χ1) is 18.6. The minimum Gasteiger partial charge on any atom is -0.494 e. The number of carbonyl (C=O) groups excluding carboxylic acids is 1. The monoisotopic (exact) mass is 594 g/mol. The average molecular weight is 595 g/mol. The Morgan fingerprint density at radius 3 is 2.17 bits per heavy atom. The van der Waals surface area contributed by atoms with Crippen molar-refractivity contribution >= 4 is 43.1 Å². The van der Waals surface area contributed by atoms with Crippen LogP contribution in [0.3, 0.4) is 0 Å². The van der Waals surface area contributed by atoms with Gasteiger partial charge in [-0.15, -0.1) is 0 Å². The summed E-state index contributed by atoms with van der Waals surface area (Å²) in [6, 6.07) is 5.96. The number of ether oxygens (including phenoxy) is 1. The van der Waals surface area contributed by atoms with Gasteiger partial charge in [0.25, 0.3) is 5.91 Å². The first-order valence-electron chi connectivity index (χ1n) is 11.4. The molecule has 4 aromatic heterocycles. The zero-order chi connectivity index (χ0) is 28.9. The molecule has 40 heavy (non-hydrogen) atoms. The molecule has 1 amide bonds. The fourth-order valence-corrected chi connectivity index (χ4v) is 5.29. The number of thiazole rings is 1. The van der Waals surface area contributed by atoms with Crippen molar-refractivity contribution in [3.63, 3.8) is 0 Å². The normalized spacial score (nSPS) is 13.5.